The van der Waals surface area contributed by atoms with Crippen molar-refractivity contribution < 1.29 is 49.0 Å². The van der Waals surface area contributed by atoms with Crippen LogP contribution in [0.5, 0.6) is 0 Å². The van der Waals surface area contributed by atoms with E-state index in [0.29, 0.717) is 0 Å². The number of carbonyl (C=O) groups is 2. The SMILES string of the molecule is O=C(O)C(F)(F)C(F)(F)C(F)(F)C(=O)O.[H-].[H-].[Mg+2]. The van der Waals surface area contributed by atoms with E-state index >= 15 is 0 Å². The summed E-state index contributed by atoms with van der Waals surface area (Å²) in [6, 6.07) is 0. The zero-order valence-electron chi connectivity index (χ0n) is 9.19. The summed E-state index contributed by atoms with van der Waals surface area (Å²) in [7, 11) is 0. The topological polar surface area (TPSA) is 74.6 Å². The van der Waals surface area contributed by atoms with Gasteiger partial charge in [0.15, 0.2) is 0 Å². The minimum absolute atomic E-state index is 0. The molecule has 0 aromatic heterocycles. The van der Waals surface area contributed by atoms with Gasteiger partial charge < -0.3 is 13.1 Å². The van der Waals surface area contributed by atoms with Gasteiger partial charge in [-0.25, -0.2) is 9.59 Å². The average molecular weight is 266 g/mol. The molecule has 0 saturated heterocycles. The smallest absolute Gasteiger partial charge is 1.00 e. The second-order valence-electron chi connectivity index (χ2n) is 2.33. The van der Waals surface area contributed by atoms with Gasteiger partial charge in [-0.05, 0) is 0 Å². The molecule has 0 aliphatic rings. The summed E-state index contributed by atoms with van der Waals surface area (Å²) in [5, 5.41) is 15.1. The molecule has 4 nitrogen and oxygen atoms in total. The molecule has 0 aliphatic carbocycles. The van der Waals surface area contributed by atoms with Crippen molar-refractivity contribution in [2.24, 2.45) is 0 Å². The zero-order chi connectivity index (χ0) is 12.7. The molecule has 16 heavy (non-hydrogen) atoms. The Labute approximate surface area is 102 Å². The third kappa shape index (κ3) is 2.34. The summed E-state index contributed by atoms with van der Waals surface area (Å²) in [6.45, 7) is 0. The fraction of sp³-hybridized carbons (Fsp3) is 0.600. The Hall–Kier alpha value is -0.714. The van der Waals surface area contributed by atoms with Crippen molar-refractivity contribution in [1.82, 2.24) is 0 Å². The molecule has 11 heteroatoms. The Balaban J connectivity index is -0.000000327. The Morgan fingerprint density at radius 3 is 1.12 bits per heavy atom. The molecule has 0 atom stereocenters. The van der Waals surface area contributed by atoms with Crippen LogP contribution in [-0.2, 0) is 9.59 Å². The van der Waals surface area contributed by atoms with E-state index in [-0.39, 0.29) is 25.9 Å². The van der Waals surface area contributed by atoms with Crippen LogP contribution in [0.4, 0.5) is 26.3 Å². The maximum absolute atomic E-state index is 12.2. The third-order valence-electron chi connectivity index (χ3n) is 1.33. The molecule has 2 N–H and O–H groups in total. The minimum atomic E-state index is -6.53. The second-order valence-corrected chi connectivity index (χ2v) is 2.33. The Morgan fingerprint density at radius 2 is 1.00 bits per heavy atom. The second kappa shape index (κ2) is 4.65. The summed E-state index contributed by atoms with van der Waals surface area (Å²) in [6.07, 6.45) is 0. The summed E-state index contributed by atoms with van der Waals surface area (Å²) in [5.74, 6) is -26.0. The molecule has 0 saturated carbocycles. The molecule has 0 heterocycles. The van der Waals surface area contributed by atoms with Crippen molar-refractivity contribution in [2.75, 3.05) is 0 Å². The molecule has 0 amide bonds. The van der Waals surface area contributed by atoms with E-state index < -0.39 is 29.7 Å². The van der Waals surface area contributed by atoms with Gasteiger partial charge in [0.05, 0.1) is 0 Å². The first kappa shape index (κ1) is 17.7. The van der Waals surface area contributed by atoms with Crippen LogP contribution < -0.4 is 0 Å². The largest absolute Gasteiger partial charge is 2.00 e. The van der Waals surface area contributed by atoms with Gasteiger partial charge in [-0.2, -0.15) is 26.3 Å². The standard InChI is InChI=1S/C5H2F6O4.Mg.2H/c6-3(7,1(12)13)5(10,11)4(8,9)2(14)15;;;/h(H,12,13)(H,14,15);;;/q;+2;2*-1. The van der Waals surface area contributed by atoms with Crippen LogP contribution >= 0.6 is 0 Å². The quantitative estimate of drug-likeness (QED) is 0.586. The number of carboxylic acid groups (broad SMARTS) is 2. The van der Waals surface area contributed by atoms with Crippen LogP contribution in [0.1, 0.15) is 2.85 Å². The molecule has 0 spiro atoms. The van der Waals surface area contributed by atoms with Crippen LogP contribution in [0.2, 0.25) is 0 Å². The first-order valence-corrected chi connectivity index (χ1v) is 2.99. The van der Waals surface area contributed by atoms with Gasteiger partial charge in [0.25, 0.3) is 0 Å². The van der Waals surface area contributed by atoms with Gasteiger partial charge in [-0.1, -0.05) is 0 Å². The van der Waals surface area contributed by atoms with E-state index in [9.17, 15) is 35.9 Å². The van der Waals surface area contributed by atoms with Crippen LogP contribution in [0, 0.1) is 0 Å². The molecule has 0 fully saturated rings. The fourth-order valence-electron chi connectivity index (χ4n) is 0.466. The Kier molecular flexibility index (Phi) is 5.14. The van der Waals surface area contributed by atoms with E-state index in [2.05, 4.69) is 0 Å². The van der Waals surface area contributed by atoms with Crippen LogP contribution in [0.3, 0.4) is 0 Å². The normalized spacial score (nSPS) is 12.9. The van der Waals surface area contributed by atoms with Crippen LogP contribution in [-0.4, -0.2) is 63.0 Å². The summed E-state index contributed by atoms with van der Waals surface area (Å²) in [4.78, 5) is 19.2. The predicted octanol–water partition coefficient (Wildman–Crippen LogP) is 0.906. The number of aliphatic carboxylic acids is 2. The van der Waals surface area contributed by atoms with Crippen molar-refractivity contribution in [3.05, 3.63) is 0 Å². The van der Waals surface area contributed by atoms with Crippen LogP contribution in [0.25, 0.3) is 0 Å². The van der Waals surface area contributed by atoms with E-state index in [4.69, 9.17) is 10.2 Å². The van der Waals surface area contributed by atoms with E-state index in [1.807, 2.05) is 0 Å². The fourth-order valence-corrected chi connectivity index (χ4v) is 0.466. The first-order valence-electron chi connectivity index (χ1n) is 2.99. The average Bonchev–Trinajstić information content (AvgIpc) is 2.02. The summed E-state index contributed by atoms with van der Waals surface area (Å²) >= 11 is 0. The first-order chi connectivity index (χ1) is 6.39. The number of alkyl halides is 6. The van der Waals surface area contributed by atoms with Crippen LogP contribution in [0.15, 0.2) is 0 Å². The monoisotopic (exact) mass is 266 g/mol. The molecule has 0 rings (SSSR count). The minimum Gasteiger partial charge on any atom is -1.00 e. The Morgan fingerprint density at radius 1 is 0.812 bits per heavy atom. The van der Waals surface area contributed by atoms with Crippen molar-refractivity contribution in [1.29, 1.82) is 0 Å². The van der Waals surface area contributed by atoms with Crippen molar-refractivity contribution in [3.63, 3.8) is 0 Å². The van der Waals surface area contributed by atoms with Gasteiger partial charge in [-0.3, -0.25) is 0 Å². The zero-order valence-corrected chi connectivity index (χ0v) is 8.60. The number of halogens is 6. The molecular weight excluding hydrogens is 262 g/mol. The molecular formula is C5H4F6MgO4. The third-order valence-corrected chi connectivity index (χ3v) is 1.33. The van der Waals surface area contributed by atoms with Gasteiger partial charge in [0.1, 0.15) is 0 Å². The van der Waals surface area contributed by atoms with E-state index in [1.54, 1.807) is 0 Å². The molecule has 0 radical (unpaired) electrons. The predicted molar refractivity (Wildman–Crippen MR) is 38.1 cm³/mol. The van der Waals surface area contributed by atoms with Gasteiger partial charge in [0, 0.05) is 0 Å². The van der Waals surface area contributed by atoms with E-state index in [0.717, 1.165) is 0 Å². The van der Waals surface area contributed by atoms with Gasteiger partial charge in [-0.15, -0.1) is 0 Å². The van der Waals surface area contributed by atoms with E-state index in [1.165, 1.54) is 0 Å². The van der Waals surface area contributed by atoms with Gasteiger partial charge in [0.2, 0.25) is 0 Å². The molecule has 0 aromatic rings. The number of hydrogen-bond acceptors (Lipinski definition) is 2. The van der Waals surface area contributed by atoms with Gasteiger partial charge >= 0.3 is 52.8 Å². The summed E-state index contributed by atoms with van der Waals surface area (Å²) < 4.78 is 72.8. The Bertz CT molecular complexity index is 284. The molecule has 0 bridgehead atoms. The van der Waals surface area contributed by atoms with Crippen molar-refractivity contribution >= 4 is 35.0 Å². The number of rotatable bonds is 4. The molecule has 0 aliphatic heterocycles. The maximum Gasteiger partial charge on any atom is 2.00 e. The summed E-state index contributed by atoms with van der Waals surface area (Å²) in [5.41, 5.74) is 0. The molecule has 0 unspecified atom stereocenters. The molecule has 92 valence electrons. The van der Waals surface area contributed by atoms with Crippen molar-refractivity contribution in [2.45, 2.75) is 17.8 Å². The number of hydrogen-bond donors (Lipinski definition) is 2. The molecule has 0 aromatic carbocycles. The van der Waals surface area contributed by atoms with Crippen molar-refractivity contribution in [3.8, 4) is 0 Å². The number of carboxylic acids is 2. The maximum atomic E-state index is 12.2.